The second-order valence-corrected chi connectivity index (χ2v) is 11.9. The van der Waals surface area contributed by atoms with E-state index in [4.69, 9.17) is 4.74 Å². The lowest BCUT2D eigenvalue weighted by Crippen LogP contribution is -2.37. The summed E-state index contributed by atoms with van der Waals surface area (Å²) in [6, 6.07) is 16.9. The van der Waals surface area contributed by atoms with E-state index >= 15 is 0 Å². The number of aromatic nitrogens is 4. The first-order valence-electron chi connectivity index (χ1n) is 12.8. The van der Waals surface area contributed by atoms with Crippen molar-refractivity contribution in [3.05, 3.63) is 94.1 Å². The van der Waals surface area contributed by atoms with Gasteiger partial charge in [0.2, 0.25) is 0 Å². The van der Waals surface area contributed by atoms with E-state index in [9.17, 15) is 4.79 Å². The SMILES string of the molecule is CCOC(=O)C1(C)c2ccc([nH]2)C(C)(C)c2ccc([nH]2)C(C)(C)c2ccc([nH]2)C(C)(C)c2ccc1[nH]2. The van der Waals surface area contributed by atoms with E-state index < -0.39 is 5.41 Å². The molecule has 0 fully saturated rings. The van der Waals surface area contributed by atoms with Crippen LogP contribution in [0.25, 0.3) is 0 Å². The summed E-state index contributed by atoms with van der Waals surface area (Å²) in [6.07, 6.45) is 0. The van der Waals surface area contributed by atoms with Crippen molar-refractivity contribution in [3.8, 4) is 0 Å². The van der Waals surface area contributed by atoms with Gasteiger partial charge in [-0.2, -0.15) is 0 Å². The number of aromatic amines is 4. The van der Waals surface area contributed by atoms with Gasteiger partial charge in [0.1, 0.15) is 5.41 Å². The molecular weight excluding hydrogens is 448 g/mol. The third-order valence-electron chi connectivity index (χ3n) is 8.55. The smallest absolute Gasteiger partial charge is 0.323 e. The van der Waals surface area contributed by atoms with Crippen molar-refractivity contribution in [3.63, 3.8) is 0 Å². The standard InChI is InChI=1S/C30H38N4O2/c1-9-36-26(35)30(8)24-16-14-22(33-24)28(4,5)20-12-10-18(31-20)27(2,3)19-11-13-21(32-19)29(6,7)23-15-17-25(30)34-23/h10-17,31-34H,9H2,1-8H3. The Morgan fingerprint density at radius 1 is 0.556 bits per heavy atom. The van der Waals surface area contributed by atoms with E-state index in [1.54, 1.807) is 0 Å². The summed E-state index contributed by atoms with van der Waals surface area (Å²) in [5, 5.41) is 0. The number of hydrogen-bond acceptors (Lipinski definition) is 2. The fourth-order valence-corrected chi connectivity index (χ4v) is 5.43. The lowest BCUT2D eigenvalue weighted by Gasteiger charge is -2.29. The van der Waals surface area contributed by atoms with Crippen LogP contribution in [-0.2, 0) is 31.2 Å². The molecule has 5 heterocycles. The lowest BCUT2D eigenvalue weighted by molar-refractivity contribution is -0.148. The molecule has 36 heavy (non-hydrogen) atoms. The molecule has 0 saturated carbocycles. The monoisotopic (exact) mass is 486 g/mol. The molecule has 0 aliphatic carbocycles. The van der Waals surface area contributed by atoms with E-state index in [1.165, 1.54) is 0 Å². The summed E-state index contributed by atoms with van der Waals surface area (Å²) in [4.78, 5) is 28.1. The molecule has 0 unspecified atom stereocenters. The van der Waals surface area contributed by atoms with Crippen LogP contribution >= 0.6 is 0 Å². The maximum atomic E-state index is 13.5. The summed E-state index contributed by atoms with van der Waals surface area (Å²) >= 11 is 0. The molecule has 1 aliphatic rings. The highest BCUT2D eigenvalue weighted by Gasteiger charge is 2.43. The topological polar surface area (TPSA) is 89.5 Å². The Balaban J connectivity index is 1.78. The fraction of sp³-hybridized carbons (Fsp3) is 0.433. The van der Waals surface area contributed by atoms with Crippen molar-refractivity contribution in [2.24, 2.45) is 0 Å². The van der Waals surface area contributed by atoms with Gasteiger partial charge < -0.3 is 24.7 Å². The molecule has 6 heteroatoms. The van der Waals surface area contributed by atoms with Gasteiger partial charge in [0.25, 0.3) is 0 Å². The second kappa shape index (κ2) is 7.79. The first-order chi connectivity index (χ1) is 16.8. The first-order valence-corrected chi connectivity index (χ1v) is 12.8. The molecule has 0 atom stereocenters. The molecule has 8 bridgehead atoms. The van der Waals surface area contributed by atoms with E-state index in [0.717, 1.165) is 45.6 Å². The number of fused-ring (bicyclic) bond motifs is 8. The number of ether oxygens (including phenoxy) is 1. The van der Waals surface area contributed by atoms with Crippen molar-refractivity contribution in [2.45, 2.75) is 77.0 Å². The van der Waals surface area contributed by atoms with Crippen molar-refractivity contribution in [1.29, 1.82) is 0 Å². The highest BCUT2D eigenvalue weighted by atomic mass is 16.5. The van der Waals surface area contributed by atoms with E-state index in [2.05, 4.69) is 97.9 Å². The Bertz CT molecular complexity index is 1330. The molecule has 5 rings (SSSR count). The highest BCUT2D eigenvalue weighted by molar-refractivity contribution is 5.86. The van der Waals surface area contributed by atoms with Crippen LogP contribution in [0.5, 0.6) is 0 Å². The van der Waals surface area contributed by atoms with Gasteiger partial charge in [0.15, 0.2) is 0 Å². The van der Waals surface area contributed by atoms with E-state index in [0.29, 0.717) is 6.61 Å². The van der Waals surface area contributed by atoms with E-state index in [-0.39, 0.29) is 22.2 Å². The summed E-state index contributed by atoms with van der Waals surface area (Å²) < 4.78 is 5.60. The Morgan fingerprint density at radius 3 is 1.08 bits per heavy atom. The van der Waals surface area contributed by atoms with Crippen LogP contribution in [0.3, 0.4) is 0 Å². The number of carbonyl (C=O) groups is 1. The normalized spacial score (nSPS) is 19.1. The predicted octanol–water partition coefficient (Wildman–Crippen LogP) is 6.16. The molecule has 1 aliphatic heterocycles. The Hall–Kier alpha value is -3.41. The van der Waals surface area contributed by atoms with Crippen LogP contribution in [0.2, 0.25) is 0 Å². The molecule has 0 spiro atoms. The van der Waals surface area contributed by atoms with Crippen LogP contribution in [0, 0.1) is 0 Å². The van der Waals surface area contributed by atoms with Gasteiger partial charge in [-0.15, -0.1) is 0 Å². The summed E-state index contributed by atoms with van der Waals surface area (Å²) in [5.41, 5.74) is 6.27. The average Bonchev–Trinajstić information content (AvgIpc) is 3.64. The zero-order chi connectivity index (χ0) is 26.1. The maximum Gasteiger partial charge on any atom is 0.323 e. The number of esters is 1. The molecule has 0 amide bonds. The van der Waals surface area contributed by atoms with Gasteiger partial charge in [-0.1, -0.05) is 0 Å². The van der Waals surface area contributed by atoms with Crippen LogP contribution in [0.1, 0.15) is 101 Å². The Kier molecular flexibility index (Phi) is 5.26. The molecule has 4 N–H and O–H groups in total. The third-order valence-corrected chi connectivity index (χ3v) is 8.55. The van der Waals surface area contributed by atoms with E-state index in [1.807, 2.05) is 26.0 Å². The number of nitrogens with one attached hydrogen (secondary N) is 4. The minimum atomic E-state index is -1.01. The molecule has 0 radical (unpaired) electrons. The molecule has 0 aromatic carbocycles. The molecule has 0 saturated heterocycles. The van der Waals surface area contributed by atoms with Gasteiger partial charge in [-0.3, -0.25) is 4.79 Å². The molecule has 4 aromatic rings. The summed E-state index contributed by atoms with van der Waals surface area (Å²) in [7, 11) is 0. The van der Waals surface area contributed by atoms with Gasteiger partial charge in [0.05, 0.1) is 6.61 Å². The molecule has 4 aromatic heterocycles. The van der Waals surface area contributed by atoms with Crippen LogP contribution in [0.15, 0.2) is 48.5 Å². The Morgan fingerprint density at radius 2 is 0.806 bits per heavy atom. The van der Waals surface area contributed by atoms with Gasteiger partial charge in [-0.05, 0) is 104 Å². The van der Waals surface area contributed by atoms with Gasteiger partial charge >= 0.3 is 5.97 Å². The quantitative estimate of drug-likeness (QED) is 0.256. The number of carbonyl (C=O) groups excluding carboxylic acids is 1. The summed E-state index contributed by atoms with van der Waals surface area (Å²) in [6.45, 7) is 17.3. The van der Waals surface area contributed by atoms with Crippen LogP contribution in [0.4, 0.5) is 0 Å². The average molecular weight is 487 g/mol. The molecule has 6 nitrogen and oxygen atoms in total. The first kappa shape index (κ1) is 24.3. The van der Waals surface area contributed by atoms with Gasteiger partial charge in [0, 0.05) is 61.8 Å². The number of H-pyrrole nitrogens is 4. The van der Waals surface area contributed by atoms with Crippen molar-refractivity contribution in [1.82, 2.24) is 19.9 Å². The maximum absolute atomic E-state index is 13.5. The number of hydrogen-bond donors (Lipinski definition) is 4. The largest absolute Gasteiger partial charge is 0.465 e. The Labute approximate surface area is 213 Å². The second-order valence-electron chi connectivity index (χ2n) is 11.9. The lowest BCUT2D eigenvalue weighted by atomic mass is 9.83. The molecule has 190 valence electrons. The minimum Gasteiger partial charge on any atom is -0.465 e. The predicted molar refractivity (Wildman–Crippen MR) is 143 cm³/mol. The highest BCUT2D eigenvalue weighted by Crippen LogP contribution is 2.41. The van der Waals surface area contributed by atoms with Crippen LogP contribution in [-0.4, -0.2) is 32.5 Å². The minimum absolute atomic E-state index is 0.232. The zero-order valence-corrected chi connectivity index (χ0v) is 22.6. The zero-order valence-electron chi connectivity index (χ0n) is 22.6. The number of rotatable bonds is 2. The van der Waals surface area contributed by atoms with Crippen molar-refractivity contribution >= 4 is 5.97 Å². The fourth-order valence-electron chi connectivity index (χ4n) is 5.43. The van der Waals surface area contributed by atoms with Crippen molar-refractivity contribution < 1.29 is 9.53 Å². The van der Waals surface area contributed by atoms with Crippen LogP contribution < -0.4 is 0 Å². The molecular formula is C30H38N4O2. The third kappa shape index (κ3) is 3.34. The van der Waals surface area contributed by atoms with Gasteiger partial charge in [-0.25, -0.2) is 0 Å². The summed E-state index contributed by atoms with van der Waals surface area (Å²) in [5.74, 6) is -0.283. The van der Waals surface area contributed by atoms with Crippen molar-refractivity contribution in [2.75, 3.05) is 6.61 Å².